The number of aromatic nitrogens is 3. The van der Waals surface area contributed by atoms with Crippen molar-refractivity contribution in [2.75, 3.05) is 12.3 Å². The Labute approximate surface area is 88.1 Å². The Kier molecular flexibility index (Phi) is 2.12. The van der Waals surface area contributed by atoms with Crippen LogP contribution in [0.3, 0.4) is 0 Å². The summed E-state index contributed by atoms with van der Waals surface area (Å²) >= 11 is 0. The summed E-state index contributed by atoms with van der Waals surface area (Å²) in [5.41, 5.74) is 13.0. The molecule has 0 fully saturated rings. The molecule has 0 saturated heterocycles. The molecule has 2 rings (SSSR count). The average molecular weight is 205 g/mol. The van der Waals surface area contributed by atoms with Gasteiger partial charge in [0.2, 0.25) is 0 Å². The number of hydrogen-bond donors (Lipinski definition) is 2. The first-order chi connectivity index (χ1) is 7.06. The Bertz CT molecular complexity index is 486. The molecule has 0 unspecified atom stereocenters. The highest BCUT2D eigenvalue weighted by molar-refractivity contribution is 5.84. The Morgan fingerprint density at radius 2 is 2.13 bits per heavy atom. The zero-order valence-corrected chi connectivity index (χ0v) is 8.94. The van der Waals surface area contributed by atoms with Gasteiger partial charge in [0.1, 0.15) is 5.52 Å². The van der Waals surface area contributed by atoms with Gasteiger partial charge in [0, 0.05) is 12.7 Å². The van der Waals surface area contributed by atoms with Gasteiger partial charge in [-0.1, -0.05) is 0 Å². The van der Waals surface area contributed by atoms with Gasteiger partial charge in [-0.25, -0.2) is 9.97 Å². The molecular weight excluding hydrogens is 190 g/mol. The molecule has 0 bridgehead atoms. The third-order valence-corrected chi connectivity index (χ3v) is 2.64. The molecule has 4 N–H and O–H groups in total. The molecule has 0 aliphatic heterocycles. The molecule has 80 valence electrons. The number of rotatable bonds is 2. The Hall–Kier alpha value is -1.62. The first-order valence-corrected chi connectivity index (χ1v) is 4.84. The van der Waals surface area contributed by atoms with Crippen molar-refractivity contribution in [1.82, 2.24) is 14.5 Å². The number of nitrogens with two attached hydrogens (primary N) is 2. The van der Waals surface area contributed by atoms with E-state index < -0.39 is 0 Å². The van der Waals surface area contributed by atoms with Crippen LogP contribution in [-0.2, 0) is 5.54 Å². The predicted octanol–water partition coefficient (Wildman–Crippen LogP) is 0.707. The fraction of sp³-hybridized carbons (Fsp3) is 0.400. The van der Waals surface area contributed by atoms with Gasteiger partial charge >= 0.3 is 0 Å². The van der Waals surface area contributed by atoms with Gasteiger partial charge in [0.15, 0.2) is 5.82 Å². The van der Waals surface area contributed by atoms with Crippen LogP contribution in [0.25, 0.3) is 11.0 Å². The lowest BCUT2D eigenvalue weighted by atomic mass is 10.1. The fourth-order valence-electron chi connectivity index (χ4n) is 1.54. The molecule has 5 heteroatoms. The van der Waals surface area contributed by atoms with Crippen LogP contribution in [0, 0.1) is 0 Å². The number of nitrogen functional groups attached to an aromatic ring is 1. The van der Waals surface area contributed by atoms with E-state index in [4.69, 9.17) is 11.5 Å². The molecule has 0 aromatic carbocycles. The van der Waals surface area contributed by atoms with Crippen LogP contribution in [0.5, 0.6) is 0 Å². The van der Waals surface area contributed by atoms with Crippen LogP contribution >= 0.6 is 0 Å². The number of anilines is 1. The predicted molar refractivity (Wildman–Crippen MR) is 60.3 cm³/mol. The fourth-order valence-corrected chi connectivity index (χ4v) is 1.54. The third-order valence-electron chi connectivity index (χ3n) is 2.64. The first kappa shape index (κ1) is 9.92. The summed E-state index contributed by atoms with van der Waals surface area (Å²) in [6.07, 6.45) is 3.44. The highest BCUT2D eigenvalue weighted by atomic mass is 15.1. The summed E-state index contributed by atoms with van der Waals surface area (Å²) in [6.45, 7) is 4.66. The normalized spacial score (nSPS) is 12.2. The largest absolute Gasteiger partial charge is 0.382 e. The average Bonchev–Trinajstić information content (AvgIpc) is 2.63. The molecule has 0 aliphatic carbocycles. The maximum absolute atomic E-state index is 5.74. The van der Waals surface area contributed by atoms with Crippen LogP contribution in [0.2, 0.25) is 0 Å². The number of fused-ring (bicyclic) bond motifs is 1. The molecule has 2 heterocycles. The summed E-state index contributed by atoms with van der Waals surface area (Å²) in [6, 6.07) is 1.90. The number of nitrogens with zero attached hydrogens (tertiary/aromatic N) is 3. The molecule has 0 amide bonds. The van der Waals surface area contributed by atoms with Crippen molar-refractivity contribution in [3.63, 3.8) is 0 Å². The second kappa shape index (κ2) is 3.20. The van der Waals surface area contributed by atoms with Gasteiger partial charge in [0.05, 0.1) is 17.4 Å². The van der Waals surface area contributed by atoms with E-state index in [1.165, 1.54) is 0 Å². The quantitative estimate of drug-likeness (QED) is 0.756. The lowest BCUT2D eigenvalue weighted by Gasteiger charge is -2.25. The highest BCUT2D eigenvalue weighted by Crippen LogP contribution is 2.23. The van der Waals surface area contributed by atoms with Gasteiger partial charge in [-0.15, -0.1) is 0 Å². The summed E-state index contributed by atoms with van der Waals surface area (Å²) in [7, 11) is 0. The third kappa shape index (κ3) is 1.45. The van der Waals surface area contributed by atoms with E-state index >= 15 is 0 Å². The van der Waals surface area contributed by atoms with Crippen molar-refractivity contribution >= 4 is 16.9 Å². The maximum Gasteiger partial charge on any atom is 0.151 e. The second-order valence-electron chi connectivity index (χ2n) is 4.20. The lowest BCUT2D eigenvalue weighted by Crippen LogP contribution is -2.34. The zero-order valence-electron chi connectivity index (χ0n) is 8.94. The summed E-state index contributed by atoms with van der Waals surface area (Å²) in [4.78, 5) is 8.25. The van der Waals surface area contributed by atoms with Crippen molar-refractivity contribution < 1.29 is 0 Å². The lowest BCUT2D eigenvalue weighted by molar-refractivity contribution is 0.377. The van der Waals surface area contributed by atoms with Crippen molar-refractivity contribution in [1.29, 1.82) is 0 Å². The number of hydrogen-bond acceptors (Lipinski definition) is 4. The van der Waals surface area contributed by atoms with Gasteiger partial charge in [0.25, 0.3) is 0 Å². The van der Waals surface area contributed by atoms with E-state index in [2.05, 4.69) is 23.8 Å². The maximum atomic E-state index is 5.74. The highest BCUT2D eigenvalue weighted by Gasteiger charge is 2.20. The Morgan fingerprint density at radius 1 is 1.40 bits per heavy atom. The molecular formula is C10H15N5. The van der Waals surface area contributed by atoms with Crippen molar-refractivity contribution in [3.05, 3.63) is 18.6 Å². The molecule has 0 atom stereocenters. The van der Waals surface area contributed by atoms with Crippen LogP contribution in [-0.4, -0.2) is 21.1 Å². The number of imidazole rings is 1. The molecule has 15 heavy (non-hydrogen) atoms. The summed E-state index contributed by atoms with van der Waals surface area (Å²) in [5, 5.41) is 0. The van der Waals surface area contributed by atoms with Gasteiger partial charge in [-0.3, -0.25) is 0 Å². The van der Waals surface area contributed by atoms with E-state index in [1.807, 2.05) is 10.6 Å². The first-order valence-electron chi connectivity index (χ1n) is 4.84. The summed E-state index contributed by atoms with van der Waals surface area (Å²) < 4.78 is 2.03. The Morgan fingerprint density at radius 3 is 2.80 bits per heavy atom. The minimum absolute atomic E-state index is 0.164. The SMILES string of the molecule is CC(C)(CN)n1cnc2c(N)nccc21. The van der Waals surface area contributed by atoms with Crippen LogP contribution in [0.15, 0.2) is 18.6 Å². The van der Waals surface area contributed by atoms with E-state index in [-0.39, 0.29) is 5.54 Å². The standard InChI is InChI=1S/C10H15N5/c1-10(2,5-11)15-6-14-8-7(15)3-4-13-9(8)12/h3-4,6H,5,11H2,1-2H3,(H2,12,13). The molecule has 0 spiro atoms. The van der Waals surface area contributed by atoms with Gasteiger partial charge in [-0.05, 0) is 19.9 Å². The summed E-state index contributed by atoms with van der Waals surface area (Å²) in [5.74, 6) is 0.457. The molecule has 5 nitrogen and oxygen atoms in total. The zero-order chi connectivity index (χ0) is 11.1. The molecule has 2 aromatic rings. The van der Waals surface area contributed by atoms with Crippen LogP contribution < -0.4 is 11.5 Å². The van der Waals surface area contributed by atoms with Crippen LogP contribution in [0.1, 0.15) is 13.8 Å². The smallest absolute Gasteiger partial charge is 0.151 e. The van der Waals surface area contributed by atoms with E-state index in [0.29, 0.717) is 12.4 Å². The monoisotopic (exact) mass is 205 g/mol. The minimum Gasteiger partial charge on any atom is -0.382 e. The minimum atomic E-state index is -0.164. The van der Waals surface area contributed by atoms with Crippen molar-refractivity contribution in [3.8, 4) is 0 Å². The number of pyridine rings is 1. The molecule has 0 aliphatic rings. The molecule has 0 radical (unpaired) electrons. The Balaban J connectivity index is 2.69. The van der Waals surface area contributed by atoms with Crippen LogP contribution in [0.4, 0.5) is 5.82 Å². The van der Waals surface area contributed by atoms with E-state index in [9.17, 15) is 0 Å². The van der Waals surface area contributed by atoms with Gasteiger partial charge in [-0.2, -0.15) is 0 Å². The topological polar surface area (TPSA) is 82.8 Å². The van der Waals surface area contributed by atoms with E-state index in [0.717, 1.165) is 11.0 Å². The van der Waals surface area contributed by atoms with E-state index in [1.54, 1.807) is 12.5 Å². The molecule has 2 aromatic heterocycles. The van der Waals surface area contributed by atoms with Gasteiger partial charge < -0.3 is 16.0 Å². The van der Waals surface area contributed by atoms with Crippen molar-refractivity contribution in [2.45, 2.75) is 19.4 Å². The second-order valence-corrected chi connectivity index (χ2v) is 4.20. The van der Waals surface area contributed by atoms with Crippen molar-refractivity contribution in [2.24, 2.45) is 5.73 Å². The molecule has 0 saturated carbocycles.